The maximum atomic E-state index is 11.7. The summed E-state index contributed by atoms with van der Waals surface area (Å²) in [6, 6.07) is -0.187. The lowest BCUT2D eigenvalue weighted by molar-refractivity contribution is -0.146. The lowest BCUT2D eigenvalue weighted by Crippen LogP contribution is -2.47. The topological polar surface area (TPSA) is 41.6 Å². The first-order valence-electron chi connectivity index (χ1n) is 7.27. The second-order valence-electron chi connectivity index (χ2n) is 5.13. The van der Waals surface area contributed by atoms with Crippen molar-refractivity contribution >= 4 is 5.97 Å². The summed E-state index contributed by atoms with van der Waals surface area (Å²) in [4.78, 5) is 14.1. The summed E-state index contributed by atoms with van der Waals surface area (Å²) >= 11 is 0. The second kappa shape index (κ2) is 8.48. The van der Waals surface area contributed by atoms with E-state index < -0.39 is 0 Å². The standard InChI is InChI=1S/C14H28N2O2/c1-4-6-12-7-9-16(10-8-12)11-13(15-3)14(17)18-5-2/h12-13,15H,4-11H2,1-3H3. The molecule has 4 heteroatoms. The van der Waals surface area contributed by atoms with Crippen LogP contribution in [0.4, 0.5) is 0 Å². The zero-order valence-corrected chi connectivity index (χ0v) is 12.1. The van der Waals surface area contributed by atoms with Crippen LogP contribution in [0, 0.1) is 5.92 Å². The van der Waals surface area contributed by atoms with E-state index in [2.05, 4.69) is 17.1 Å². The lowest BCUT2D eigenvalue weighted by atomic mass is 9.92. The van der Waals surface area contributed by atoms with Gasteiger partial charge in [0.05, 0.1) is 6.61 Å². The maximum Gasteiger partial charge on any atom is 0.324 e. The molecule has 0 aliphatic carbocycles. The first kappa shape index (κ1) is 15.4. The molecule has 4 nitrogen and oxygen atoms in total. The van der Waals surface area contributed by atoms with Crippen LogP contribution >= 0.6 is 0 Å². The van der Waals surface area contributed by atoms with Gasteiger partial charge in [-0.3, -0.25) is 4.79 Å². The van der Waals surface area contributed by atoms with E-state index in [0.717, 1.165) is 25.6 Å². The van der Waals surface area contributed by atoms with E-state index in [1.54, 1.807) is 0 Å². The van der Waals surface area contributed by atoms with Crippen LogP contribution in [0.25, 0.3) is 0 Å². The summed E-state index contributed by atoms with van der Waals surface area (Å²) in [6.07, 6.45) is 5.17. The Kier molecular flexibility index (Phi) is 7.28. The number of nitrogens with zero attached hydrogens (tertiary/aromatic N) is 1. The molecule has 0 amide bonds. The van der Waals surface area contributed by atoms with Crippen molar-refractivity contribution in [2.45, 2.75) is 45.6 Å². The Morgan fingerprint density at radius 3 is 2.56 bits per heavy atom. The number of rotatable bonds is 7. The molecule has 1 fully saturated rings. The van der Waals surface area contributed by atoms with Crippen LogP contribution in [0.15, 0.2) is 0 Å². The molecular formula is C14H28N2O2. The third kappa shape index (κ3) is 4.94. The van der Waals surface area contributed by atoms with E-state index in [4.69, 9.17) is 4.74 Å². The van der Waals surface area contributed by atoms with Gasteiger partial charge in [-0.05, 0) is 45.8 Å². The Morgan fingerprint density at radius 2 is 2.06 bits per heavy atom. The minimum Gasteiger partial charge on any atom is -0.465 e. The zero-order chi connectivity index (χ0) is 13.4. The molecular weight excluding hydrogens is 228 g/mol. The van der Waals surface area contributed by atoms with Gasteiger partial charge >= 0.3 is 5.97 Å². The number of likely N-dealkylation sites (tertiary alicyclic amines) is 1. The lowest BCUT2D eigenvalue weighted by Gasteiger charge is -2.33. The van der Waals surface area contributed by atoms with E-state index in [9.17, 15) is 4.79 Å². The Balaban J connectivity index is 2.31. The van der Waals surface area contributed by atoms with Gasteiger partial charge in [0, 0.05) is 6.54 Å². The average molecular weight is 256 g/mol. The molecule has 1 rings (SSSR count). The highest BCUT2D eigenvalue weighted by Crippen LogP contribution is 2.21. The smallest absolute Gasteiger partial charge is 0.324 e. The molecule has 1 heterocycles. The Bertz CT molecular complexity index is 238. The molecule has 0 aromatic rings. The molecule has 1 N–H and O–H groups in total. The number of nitrogens with one attached hydrogen (secondary N) is 1. The fourth-order valence-corrected chi connectivity index (χ4v) is 2.65. The van der Waals surface area contributed by atoms with Crippen molar-refractivity contribution in [3.8, 4) is 0 Å². The number of carbonyl (C=O) groups excluding carboxylic acids is 1. The highest BCUT2D eigenvalue weighted by atomic mass is 16.5. The fraction of sp³-hybridized carbons (Fsp3) is 0.929. The number of hydrogen-bond donors (Lipinski definition) is 1. The van der Waals surface area contributed by atoms with Crippen LogP contribution in [-0.4, -0.2) is 50.2 Å². The summed E-state index contributed by atoms with van der Waals surface area (Å²) in [5, 5.41) is 3.05. The number of esters is 1. The molecule has 1 aliphatic rings. The second-order valence-corrected chi connectivity index (χ2v) is 5.13. The van der Waals surface area contributed by atoms with E-state index in [-0.39, 0.29) is 12.0 Å². The van der Waals surface area contributed by atoms with Gasteiger partial charge in [0.15, 0.2) is 0 Å². The van der Waals surface area contributed by atoms with Crippen molar-refractivity contribution in [1.29, 1.82) is 0 Å². The molecule has 0 aromatic carbocycles. The van der Waals surface area contributed by atoms with Crippen LogP contribution in [0.3, 0.4) is 0 Å². The molecule has 1 aliphatic heterocycles. The van der Waals surface area contributed by atoms with Crippen molar-refractivity contribution in [2.24, 2.45) is 5.92 Å². The molecule has 0 radical (unpaired) electrons. The number of ether oxygens (including phenoxy) is 1. The molecule has 18 heavy (non-hydrogen) atoms. The normalized spacial score (nSPS) is 19.7. The summed E-state index contributed by atoms with van der Waals surface area (Å²) in [7, 11) is 1.82. The van der Waals surface area contributed by atoms with Gasteiger partial charge in [-0.2, -0.15) is 0 Å². The van der Waals surface area contributed by atoms with E-state index in [1.807, 2.05) is 14.0 Å². The molecule has 0 bridgehead atoms. The van der Waals surface area contributed by atoms with Gasteiger partial charge in [0.2, 0.25) is 0 Å². The van der Waals surface area contributed by atoms with Crippen LogP contribution in [0.1, 0.15) is 39.5 Å². The third-order valence-corrected chi connectivity index (χ3v) is 3.76. The molecule has 0 aromatic heterocycles. The molecule has 106 valence electrons. The average Bonchev–Trinajstić information content (AvgIpc) is 2.38. The van der Waals surface area contributed by atoms with E-state index in [0.29, 0.717) is 6.61 Å². The van der Waals surface area contributed by atoms with Crippen LogP contribution in [-0.2, 0) is 9.53 Å². The number of hydrogen-bond acceptors (Lipinski definition) is 4. The molecule has 1 unspecified atom stereocenters. The van der Waals surface area contributed by atoms with Gasteiger partial charge < -0.3 is 15.0 Å². The van der Waals surface area contributed by atoms with Crippen LogP contribution in [0.2, 0.25) is 0 Å². The molecule has 0 spiro atoms. The van der Waals surface area contributed by atoms with Gasteiger partial charge in [-0.1, -0.05) is 19.8 Å². The highest BCUT2D eigenvalue weighted by Gasteiger charge is 2.24. The highest BCUT2D eigenvalue weighted by molar-refractivity contribution is 5.76. The molecule has 0 saturated carbocycles. The SMILES string of the molecule is CCCC1CCN(CC(NC)C(=O)OCC)CC1. The first-order chi connectivity index (χ1) is 8.71. The minimum atomic E-state index is -0.187. The van der Waals surface area contributed by atoms with Gasteiger partial charge in [-0.15, -0.1) is 0 Å². The first-order valence-corrected chi connectivity index (χ1v) is 7.27. The van der Waals surface area contributed by atoms with Crippen molar-refractivity contribution < 1.29 is 9.53 Å². The van der Waals surface area contributed by atoms with Crippen molar-refractivity contribution in [3.63, 3.8) is 0 Å². The van der Waals surface area contributed by atoms with Gasteiger partial charge in [0.25, 0.3) is 0 Å². The van der Waals surface area contributed by atoms with Crippen LogP contribution in [0.5, 0.6) is 0 Å². The van der Waals surface area contributed by atoms with Crippen molar-refractivity contribution in [1.82, 2.24) is 10.2 Å². The Hall–Kier alpha value is -0.610. The Morgan fingerprint density at radius 1 is 1.39 bits per heavy atom. The maximum absolute atomic E-state index is 11.7. The number of likely N-dealkylation sites (N-methyl/N-ethyl adjacent to an activating group) is 1. The monoisotopic (exact) mass is 256 g/mol. The van der Waals surface area contributed by atoms with Crippen LogP contribution < -0.4 is 5.32 Å². The van der Waals surface area contributed by atoms with E-state index in [1.165, 1.54) is 25.7 Å². The molecule has 1 saturated heterocycles. The predicted octanol–water partition coefficient (Wildman–Crippen LogP) is 1.65. The molecule has 1 atom stereocenters. The van der Waals surface area contributed by atoms with Gasteiger partial charge in [0.1, 0.15) is 6.04 Å². The summed E-state index contributed by atoms with van der Waals surface area (Å²) < 4.78 is 5.07. The number of piperidine rings is 1. The van der Waals surface area contributed by atoms with E-state index >= 15 is 0 Å². The summed E-state index contributed by atoms with van der Waals surface area (Å²) in [5.41, 5.74) is 0. The fourth-order valence-electron chi connectivity index (χ4n) is 2.65. The summed E-state index contributed by atoms with van der Waals surface area (Å²) in [5.74, 6) is 0.762. The van der Waals surface area contributed by atoms with Crippen molar-refractivity contribution in [3.05, 3.63) is 0 Å². The minimum absolute atomic E-state index is 0.129. The summed E-state index contributed by atoms with van der Waals surface area (Å²) in [6.45, 7) is 7.55. The Labute approximate surface area is 111 Å². The predicted molar refractivity (Wildman–Crippen MR) is 73.6 cm³/mol. The van der Waals surface area contributed by atoms with Crippen molar-refractivity contribution in [2.75, 3.05) is 33.3 Å². The van der Waals surface area contributed by atoms with Gasteiger partial charge in [-0.25, -0.2) is 0 Å². The quantitative estimate of drug-likeness (QED) is 0.703. The largest absolute Gasteiger partial charge is 0.465 e. The number of carbonyl (C=O) groups is 1. The third-order valence-electron chi connectivity index (χ3n) is 3.76. The zero-order valence-electron chi connectivity index (χ0n) is 12.1.